The standard InChI is InChI=1S/C18H18FN3O2/c1-10(23)4-3-5-12-14(19)6-7-15-17(12)13(18(24)22-15)8-16-11(2)20-9-21-16/h3,5-10,23H,4H2,1-2H3,(H,20,21)(H,22,24)/b5-3+,13-8-. The molecule has 0 bridgehead atoms. The highest BCUT2D eigenvalue weighted by Crippen LogP contribution is 2.37. The van der Waals surface area contributed by atoms with Crippen LogP contribution in [0, 0.1) is 12.7 Å². The Labute approximate surface area is 138 Å². The van der Waals surface area contributed by atoms with E-state index in [1.54, 1.807) is 37.5 Å². The third-order valence-electron chi connectivity index (χ3n) is 3.87. The molecule has 5 nitrogen and oxygen atoms in total. The molecule has 0 saturated heterocycles. The Morgan fingerprint density at radius 1 is 1.42 bits per heavy atom. The van der Waals surface area contributed by atoms with Crippen molar-refractivity contribution in [2.24, 2.45) is 0 Å². The van der Waals surface area contributed by atoms with Crippen molar-refractivity contribution in [3.8, 4) is 0 Å². The SMILES string of the molecule is Cc1[nH]cnc1/C=C1\C(=O)Nc2ccc(F)c(/C=C/CC(C)O)c21. The third-order valence-corrected chi connectivity index (χ3v) is 3.87. The van der Waals surface area contributed by atoms with Crippen molar-refractivity contribution in [3.05, 3.63) is 52.9 Å². The van der Waals surface area contributed by atoms with Gasteiger partial charge in [-0.15, -0.1) is 0 Å². The lowest BCUT2D eigenvalue weighted by Gasteiger charge is -2.06. The van der Waals surface area contributed by atoms with Crippen LogP contribution in [0.1, 0.15) is 35.9 Å². The molecule has 124 valence electrons. The molecule has 0 fully saturated rings. The van der Waals surface area contributed by atoms with Gasteiger partial charge in [0.05, 0.1) is 23.7 Å². The van der Waals surface area contributed by atoms with Crippen LogP contribution in [0.2, 0.25) is 0 Å². The highest BCUT2D eigenvalue weighted by atomic mass is 19.1. The van der Waals surface area contributed by atoms with Gasteiger partial charge in [0.2, 0.25) is 0 Å². The van der Waals surface area contributed by atoms with Crippen LogP contribution in [0.5, 0.6) is 0 Å². The molecule has 0 aliphatic carbocycles. The smallest absolute Gasteiger partial charge is 0.256 e. The zero-order chi connectivity index (χ0) is 17.3. The zero-order valence-electron chi connectivity index (χ0n) is 13.4. The van der Waals surface area contributed by atoms with Crippen molar-refractivity contribution < 1.29 is 14.3 Å². The van der Waals surface area contributed by atoms with Crippen LogP contribution < -0.4 is 5.32 Å². The van der Waals surface area contributed by atoms with E-state index in [2.05, 4.69) is 15.3 Å². The van der Waals surface area contributed by atoms with Crippen LogP contribution in [0.3, 0.4) is 0 Å². The number of aromatic amines is 1. The molecule has 0 saturated carbocycles. The number of aromatic nitrogens is 2. The first-order valence-electron chi connectivity index (χ1n) is 7.68. The van der Waals surface area contributed by atoms with Gasteiger partial charge in [0, 0.05) is 22.5 Å². The lowest BCUT2D eigenvalue weighted by molar-refractivity contribution is -0.110. The van der Waals surface area contributed by atoms with Gasteiger partial charge in [-0.1, -0.05) is 12.2 Å². The molecule has 1 unspecified atom stereocenters. The monoisotopic (exact) mass is 327 g/mol. The van der Waals surface area contributed by atoms with E-state index in [1.807, 2.05) is 6.92 Å². The minimum atomic E-state index is -0.512. The van der Waals surface area contributed by atoms with Gasteiger partial charge in [-0.25, -0.2) is 9.37 Å². The number of aliphatic hydroxyl groups excluding tert-OH is 1. The van der Waals surface area contributed by atoms with Crippen molar-refractivity contribution in [2.45, 2.75) is 26.4 Å². The molecule has 2 heterocycles. The summed E-state index contributed by atoms with van der Waals surface area (Å²) in [6, 6.07) is 2.87. The molecular weight excluding hydrogens is 309 g/mol. The second-order valence-corrected chi connectivity index (χ2v) is 5.80. The van der Waals surface area contributed by atoms with Gasteiger partial charge in [0.25, 0.3) is 5.91 Å². The van der Waals surface area contributed by atoms with E-state index in [1.165, 1.54) is 6.07 Å². The van der Waals surface area contributed by atoms with Gasteiger partial charge < -0.3 is 15.4 Å². The molecule has 6 heteroatoms. The fraction of sp³-hybridized carbons (Fsp3) is 0.222. The first kappa shape index (κ1) is 16.1. The maximum absolute atomic E-state index is 14.3. The molecule has 1 aromatic heterocycles. The number of carbonyl (C=O) groups excluding carboxylic acids is 1. The summed E-state index contributed by atoms with van der Waals surface area (Å²) in [5.41, 5.74) is 3.24. The highest BCUT2D eigenvalue weighted by Gasteiger charge is 2.28. The number of hydrogen-bond donors (Lipinski definition) is 3. The Bertz CT molecular complexity index is 850. The molecule has 0 radical (unpaired) electrons. The summed E-state index contributed by atoms with van der Waals surface area (Å²) in [4.78, 5) is 19.4. The second-order valence-electron chi connectivity index (χ2n) is 5.80. The molecule has 0 spiro atoms. The summed E-state index contributed by atoms with van der Waals surface area (Å²) < 4.78 is 14.3. The van der Waals surface area contributed by atoms with Crippen LogP contribution in [-0.4, -0.2) is 27.1 Å². The number of nitrogens with one attached hydrogen (secondary N) is 2. The summed E-state index contributed by atoms with van der Waals surface area (Å²) in [5, 5.41) is 12.1. The van der Waals surface area contributed by atoms with Crippen LogP contribution in [0.4, 0.5) is 10.1 Å². The minimum absolute atomic E-state index is 0.289. The summed E-state index contributed by atoms with van der Waals surface area (Å²) in [6.45, 7) is 3.51. The van der Waals surface area contributed by atoms with Crippen LogP contribution in [0.15, 0.2) is 24.5 Å². The number of aliphatic hydroxyl groups is 1. The van der Waals surface area contributed by atoms with Crippen molar-refractivity contribution in [2.75, 3.05) is 5.32 Å². The largest absolute Gasteiger partial charge is 0.393 e. The number of benzene rings is 1. The van der Waals surface area contributed by atoms with Gasteiger partial charge in [0.15, 0.2) is 0 Å². The number of carbonyl (C=O) groups is 1. The number of anilines is 1. The molecule has 3 rings (SSSR count). The van der Waals surface area contributed by atoms with Crippen LogP contribution >= 0.6 is 0 Å². The predicted octanol–water partition coefficient (Wildman–Crippen LogP) is 3.13. The highest BCUT2D eigenvalue weighted by molar-refractivity contribution is 6.35. The Kier molecular flexibility index (Phi) is 4.31. The zero-order valence-corrected chi connectivity index (χ0v) is 13.4. The number of aryl methyl sites for hydroxylation is 1. The summed E-state index contributed by atoms with van der Waals surface area (Å²) in [5.74, 6) is -0.708. The van der Waals surface area contributed by atoms with Crippen molar-refractivity contribution in [1.29, 1.82) is 0 Å². The number of rotatable bonds is 4. The van der Waals surface area contributed by atoms with Gasteiger partial charge in [0.1, 0.15) is 5.82 Å². The van der Waals surface area contributed by atoms with Crippen LogP contribution in [-0.2, 0) is 4.79 Å². The fourth-order valence-corrected chi connectivity index (χ4v) is 2.63. The molecule has 1 aliphatic heterocycles. The number of hydrogen-bond acceptors (Lipinski definition) is 3. The Hall–Kier alpha value is -2.73. The number of halogens is 1. The van der Waals surface area contributed by atoms with E-state index in [9.17, 15) is 14.3 Å². The Morgan fingerprint density at radius 3 is 2.88 bits per heavy atom. The number of H-pyrrole nitrogens is 1. The maximum Gasteiger partial charge on any atom is 0.256 e. The van der Waals surface area contributed by atoms with Crippen molar-refractivity contribution in [3.63, 3.8) is 0 Å². The van der Waals surface area contributed by atoms with E-state index in [0.717, 1.165) is 5.69 Å². The quantitative estimate of drug-likeness (QED) is 0.755. The van der Waals surface area contributed by atoms with E-state index >= 15 is 0 Å². The number of imidazole rings is 1. The minimum Gasteiger partial charge on any atom is -0.393 e. The molecule has 1 amide bonds. The first-order valence-corrected chi connectivity index (χ1v) is 7.68. The van der Waals surface area contributed by atoms with E-state index in [0.29, 0.717) is 34.5 Å². The summed E-state index contributed by atoms with van der Waals surface area (Å²) in [7, 11) is 0. The van der Waals surface area contributed by atoms with Gasteiger partial charge in [-0.3, -0.25) is 4.79 Å². The average Bonchev–Trinajstić information content (AvgIpc) is 3.06. The molecule has 3 N–H and O–H groups in total. The molecule has 2 aromatic rings. The molecule has 1 aliphatic rings. The van der Waals surface area contributed by atoms with Crippen LogP contribution in [0.25, 0.3) is 17.7 Å². The predicted molar refractivity (Wildman–Crippen MR) is 91.6 cm³/mol. The number of nitrogens with zero attached hydrogens (tertiary/aromatic N) is 1. The lowest BCUT2D eigenvalue weighted by atomic mass is 9.98. The molecule has 1 aromatic carbocycles. The topological polar surface area (TPSA) is 78.0 Å². The number of fused-ring (bicyclic) bond motifs is 1. The van der Waals surface area contributed by atoms with Crippen molar-refractivity contribution in [1.82, 2.24) is 9.97 Å². The normalized spacial score (nSPS) is 16.7. The fourth-order valence-electron chi connectivity index (χ4n) is 2.63. The van der Waals surface area contributed by atoms with E-state index < -0.39 is 11.9 Å². The number of amides is 1. The summed E-state index contributed by atoms with van der Waals surface area (Å²) >= 11 is 0. The second kappa shape index (κ2) is 6.41. The van der Waals surface area contributed by atoms with Crippen molar-refractivity contribution >= 4 is 29.3 Å². The molecular formula is C18H18FN3O2. The average molecular weight is 327 g/mol. The van der Waals surface area contributed by atoms with Gasteiger partial charge in [-0.2, -0.15) is 0 Å². The maximum atomic E-state index is 14.3. The van der Waals surface area contributed by atoms with Gasteiger partial charge >= 0.3 is 0 Å². The first-order chi connectivity index (χ1) is 11.5. The summed E-state index contributed by atoms with van der Waals surface area (Å²) in [6.07, 6.45) is 6.39. The van der Waals surface area contributed by atoms with E-state index in [-0.39, 0.29) is 5.91 Å². The Balaban J connectivity index is 2.10. The van der Waals surface area contributed by atoms with E-state index in [4.69, 9.17) is 0 Å². The Morgan fingerprint density at radius 2 is 2.21 bits per heavy atom. The van der Waals surface area contributed by atoms with Gasteiger partial charge in [-0.05, 0) is 38.5 Å². The lowest BCUT2D eigenvalue weighted by Crippen LogP contribution is -2.03. The molecule has 1 atom stereocenters. The molecule has 24 heavy (non-hydrogen) atoms. The third kappa shape index (κ3) is 3.00.